The van der Waals surface area contributed by atoms with Crippen LogP contribution >= 0.6 is 0 Å². The number of hydrogen-bond donors (Lipinski definition) is 0. The Kier molecular flexibility index (Phi) is 3.80. The van der Waals surface area contributed by atoms with Gasteiger partial charge in [0.15, 0.2) is 0 Å². The van der Waals surface area contributed by atoms with E-state index in [4.69, 9.17) is 14.2 Å². The highest BCUT2D eigenvalue weighted by Crippen LogP contribution is 2.25. The van der Waals surface area contributed by atoms with Crippen molar-refractivity contribution < 1.29 is 14.2 Å². The third kappa shape index (κ3) is 6.13. The van der Waals surface area contributed by atoms with Crippen LogP contribution in [0.1, 0.15) is 41.5 Å². The van der Waals surface area contributed by atoms with Gasteiger partial charge in [0.1, 0.15) is 12.2 Å². The molecule has 0 aliphatic carbocycles. The number of hydrogen-bond acceptors (Lipinski definition) is 3. The second-order valence-corrected chi connectivity index (χ2v) is 6.06. The normalized spacial score (nSPS) is 26.8. The monoisotopic (exact) mass is 216 g/mol. The fourth-order valence-corrected chi connectivity index (χ4v) is 1.14. The zero-order chi connectivity index (χ0) is 11.7. The Hall–Kier alpha value is -0.120. The van der Waals surface area contributed by atoms with Crippen molar-refractivity contribution in [1.82, 2.24) is 0 Å². The summed E-state index contributed by atoms with van der Waals surface area (Å²) in [6.07, 6.45) is 0.457. The van der Waals surface area contributed by atoms with Gasteiger partial charge in [-0.2, -0.15) is 0 Å². The molecule has 0 aromatic heterocycles. The Morgan fingerprint density at radius 2 is 1.13 bits per heavy atom. The van der Waals surface area contributed by atoms with Crippen molar-refractivity contribution in [2.45, 2.75) is 65.0 Å². The summed E-state index contributed by atoms with van der Waals surface area (Å²) in [6, 6.07) is 0. The molecule has 1 aliphatic heterocycles. The molecule has 1 saturated heterocycles. The number of rotatable bonds is 4. The molecule has 0 saturated carbocycles. The molecule has 0 aromatic rings. The Morgan fingerprint density at radius 1 is 0.800 bits per heavy atom. The first-order chi connectivity index (χ1) is 6.67. The Morgan fingerprint density at radius 3 is 1.40 bits per heavy atom. The van der Waals surface area contributed by atoms with E-state index >= 15 is 0 Å². The Balaban J connectivity index is 2.08. The van der Waals surface area contributed by atoms with Gasteiger partial charge in [-0.05, 0) is 41.5 Å². The smallest absolute Gasteiger partial charge is 0.110 e. The summed E-state index contributed by atoms with van der Waals surface area (Å²) in [5.41, 5.74) is -0.164. The van der Waals surface area contributed by atoms with Crippen LogP contribution in [0.3, 0.4) is 0 Å². The second-order valence-electron chi connectivity index (χ2n) is 6.06. The number of epoxide rings is 1. The van der Waals surface area contributed by atoms with E-state index in [9.17, 15) is 0 Å². The molecule has 1 rings (SSSR count). The maximum Gasteiger partial charge on any atom is 0.110 e. The summed E-state index contributed by atoms with van der Waals surface area (Å²) in [5, 5.41) is 0. The van der Waals surface area contributed by atoms with Crippen LogP contribution in [0, 0.1) is 0 Å². The molecule has 0 bridgehead atoms. The summed E-state index contributed by atoms with van der Waals surface area (Å²) >= 11 is 0. The van der Waals surface area contributed by atoms with Gasteiger partial charge in [0.2, 0.25) is 0 Å². The van der Waals surface area contributed by atoms with Gasteiger partial charge in [-0.1, -0.05) is 0 Å². The lowest BCUT2D eigenvalue weighted by Gasteiger charge is -2.19. The van der Waals surface area contributed by atoms with E-state index < -0.39 is 0 Å². The quantitative estimate of drug-likeness (QED) is 0.676. The zero-order valence-corrected chi connectivity index (χ0v) is 10.8. The van der Waals surface area contributed by atoms with Gasteiger partial charge in [0.25, 0.3) is 0 Å². The molecule has 1 fully saturated rings. The molecule has 0 amide bonds. The van der Waals surface area contributed by atoms with Crippen LogP contribution in [-0.4, -0.2) is 36.6 Å². The SMILES string of the molecule is CC(C)(C)OC[C@H]1O[C@@H]1COC(C)(C)C. The Bertz CT molecular complexity index is 178. The molecule has 0 radical (unpaired) electrons. The van der Waals surface area contributed by atoms with Crippen LogP contribution in [0.15, 0.2) is 0 Å². The van der Waals surface area contributed by atoms with Crippen molar-refractivity contribution in [1.29, 1.82) is 0 Å². The summed E-state index contributed by atoms with van der Waals surface area (Å²) < 4.78 is 16.7. The predicted molar refractivity (Wildman–Crippen MR) is 60.1 cm³/mol. The molecule has 0 N–H and O–H groups in total. The van der Waals surface area contributed by atoms with E-state index in [1.807, 2.05) is 0 Å². The fourth-order valence-electron chi connectivity index (χ4n) is 1.14. The average Bonchev–Trinajstić information content (AvgIpc) is 2.73. The first-order valence-electron chi connectivity index (χ1n) is 5.61. The summed E-state index contributed by atoms with van der Waals surface area (Å²) in [5.74, 6) is 0. The third-order valence-electron chi connectivity index (χ3n) is 2.05. The minimum atomic E-state index is -0.0820. The zero-order valence-electron chi connectivity index (χ0n) is 10.8. The molecule has 0 spiro atoms. The molecule has 15 heavy (non-hydrogen) atoms. The van der Waals surface area contributed by atoms with Gasteiger partial charge in [0, 0.05) is 0 Å². The lowest BCUT2D eigenvalue weighted by atomic mass is 10.2. The highest BCUT2D eigenvalue weighted by molar-refractivity contribution is 4.85. The van der Waals surface area contributed by atoms with Crippen molar-refractivity contribution >= 4 is 0 Å². The number of ether oxygens (including phenoxy) is 3. The molecule has 1 heterocycles. The first kappa shape index (κ1) is 12.9. The molecule has 3 heteroatoms. The molecule has 0 unspecified atom stereocenters. The third-order valence-corrected chi connectivity index (χ3v) is 2.05. The van der Waals surface area contributed by atoms with Crippen LogP contribution in [0.25, 0.3) is 0 Å². The van der Waals surface area contributed by atoms with E-state index in [-0.39, 0.29) is 23.4 Å². The standard InChI is InChI=1S/C12H24O3/c1-11(2,3)13-7-9-10(15-9)8-14-12(4,5)6/h9-10H,7-8H2,1-6H3/t9-,10-/m1/s1. The van der Waals surface area contributed by atoms with Gasteiger partial charge in [0.05, 0.1) is 24.4 Å². The van der Waals surface area contributed by atoms with Crippen LogP contribution < -0.4 is 0 Å². The van der Waals surface area contributed by atoms with Gasteiger partial charge >= 0.3 is 0 Å². The van der Waals surface area contributed by atoms with E-state index in [0.717, 1.165) is 0 Å². The molecule has 90 valence electrons. The fraction of sp³-hybridized carbons (Fsp3) is 1.00. The van der Waals surface area contributed by atoms with Gasteiger partial charge in [-0.3, -0.25) is 0 Å². The summed E-state index contributed by atoms with van der Waals surface area (Å²) in [6.45, 7) is 13.6. The van der Waals surface area contributed by atoms with Crippen LogP contribution in [0.4, 0.5) is 0 Å². The maximum absolute atomic E-state index is 5.63. The lowest BCUT2D eigenvalue weighted by Crippen LogP contribution is -2.25. The summed E-state index contributed by atoms with van der Waals surface area (Å²) in [7, 11) is 0. The van der Waals surface area contributed by atoms with Gasteiger partial charge in [-0.25, -0.2) is 0 Å². The van der Waals surface area contributed by atoms with Crippen molar-refractivity contribution in [3.63, 3.8) is 0 Å². The topological polar surface area (TPSA) is 31.0 Å². The predicted octanol–water partition coefficient (Wildman–Crippen LogP) is 2.38. The van der Waals surface area contributed by atoms with Crippen molar-refractivity contribution in [2.24, 2.45) is 0 Å². The van der Waals surface area contributed by atoms with Crippen LogP contribution in [-0.2, 0) is 14.2 Å². The highest BCUT2D eigenvalue weighted by atomic mass is 16.6. The van der Waals surface area contributed by atoms with E-state index in [1.54, 1.807) is 0 Å². The maximum atomic E-state index is 5.63. The first-order valence-corrected chi connectivity index (χ1v) is 5.61. The van der Waals surface area contributed by atoms with E-state index in [1.165, 1.54) is 0 Å². The largest absolute Gasteiger partial charge is 0.373 e. The Labute approximate surface area is 93.1 Å². The minimum absolute atomic E-state index is 0.0820. The summed E-state index contributed by atoms with van der Waals surface area (Å²) in [4.78, 5) is 0. The molecular formula is C12H24O3. The molecular weight excluding hydrogens is 192 g/mol. The van der Waals surface area contributed by atoms with Crippen LogP contribution in [0.5, 0.6) is 0 Å². The van der Waals surface area contributed by atoms with E-state index in [0.29, 0.717) is 13.2 Å². The average molecular weight is 216 g/mol. The van der Waals surface area contributed by atoms with Crippen molar-refractivity contribution in [3.8, 4) is 0 Å². The minimum Gasteiger partial charge on any atom is -0.373 e. The van der Waals surface area contributed by atoms with Crippen LogP contribution in [0.2, 0.25) is 0 Å². The van der Waals surface area contributed by atoms with Gasteiger partial charge < -0.3 is 14.2 Å². The molecule has 3 nitrogen and oxygen atoms in total. The lowest BCUT2D eigenvalue weighted by molar-refractivity contribution is -0.0135. The van der Waals surface area contributed by atoms with Crippen molar-refractivity contribution in [2.75, 3.05) is 13.2 Å². The molecule has 0 aromatic carbocycles. The highest BCUT2D eigenvalue weighted by Gasteiger charge is 2.40. The van der Waals surface area contributed by atoms with E-state index in [2.05, 4.69) is 41.5 Å². The molecule has 1 aliphatic rings. The van der Waals surface area contributed by atoms with Gasteiger partial charge in [-0.15, -0.1) is 0 Å². The van der Waals surface area contributed by atoms with Crippen molar-refractivity contribution in [3.05, 3.63) is 0 Å². The molecule has 2 atom stereocenters. The second kappa shape index (κ2) is 4.40.